The van der Waals surface area contributed by atoms with Gasteiger partial charge in [0, 0.05) is 31.4 Å². The van der Waals surface area contributed by atoms with Crippen LogP contribution in [0.1, 0.15) is 30.4 Å². The van der Waals surface area contributed by atoms with Crippen molar-refractivity contribution in [1.82, 2.24) is 5.32 Å². The predicted octanol–water partition coefficient (Wildman–Crippen LogP) is 2.52. The van der Waals surface area contributed by atoms with E-state index < -0.39 is 11.7 Å². The number of nitrogens with zero attached hydrogens (tertiary/aromatic N) is 2. The molecule has 1 aromatic carbocycles. The van der Waals surface area contributed by atoms with Crippen LogP contribution in [0.15, 0.2) is 18.2 Å². The third-order valence-electron chi connectivity index (χ3n) is 5.28. The van der Waals surface area contributed by atoms with E-state index in [-0.39, 0.29) is 23.6 Å². The molecule has 1 spiro atoms. The van der Waals surface area contributed by atoms with Crippen molar-refractivity contribution in [3.8, 4) is 6.07 Å². The highest BCUT2D eigenvalue weighted by atomic mass is 19.4. The summed E-state index contributed by atoms with van der Waals surface area (Å²) in [7, 11) is 0. The van der Waals surface area contributed by atoms with Gasteiger partial charge in [0.1, 0.15) is 0 Å². The highest BCUT2D eigenvalue weighted by Crippen LogP contribution is 2.41. The maximum Gasteiger partial charge on any atom is 0.417 e. The number of benzene rings is 1. The Balaban J connectivity index is 1.74. The van der Waals surface area contributed by atoms with E-state index >= 15 is 0 Å². The number of alkyl halides is 3. The molecule has 3 rings (SSSR count). The van der Waals surface area contributed by atoms with E-state index in [1.165, 1.54) is 6.07 Å². The summed E-state index contributed by atoms with van der Waals surface area (Å²) < 4.78 is 39.3. The first-order chi connectivity index (χ1) is 11.4. The fourth-order valence-electron chi connectivity index (χ4n) is 3.84. The number of hydrogen-bond donors (Lipinski definition) is 2. The van der Waals surface area contributed by atoms with Crippen molar-refractivity contribution in [1.29, 1.82) is 5.26 Å². The highest BCUT2D eigenvalue weighted by molar-refractivity contribution is 5.55. The summed E-state index contributed by atoms with van der Waals surface area (Å²) >= 11 is 0. The number of aliphatic hydroxyl groups excluding tert-OH is 1. The third kappa shape index (κ3) is 3.21. The normalized spacial score (nSPS) is 23.5. The average Bonchev–Trinajstić information content (AvgIpc) is 2.97. The minimum Gasteiger partial charge on any atom is -0.395 e. The number of anilines is 1. The summed E-state index contributed by atoms with van der Waals surface area (Å²) in [5.41, 5.74) is -0.555. The molecule has 24 heavy (non-hydrogen) atoms. The smallest absolute Gasteiger partial charge is 0.395 e. The standard InChI is InChI=1S/C17H20F3N3O/c18-17(19,20)15-7-14(2-1-12(15)9-21)23-5-3-16(4-6-23)8-13(10-24)22-11-16/h1-2,7,13,22,24H,3-6,8,10-11H2. The molecule has 2 aliphatic heterocycles. The van der Waals surface area contributed by atoms with Gasteiger partial charge in [-0.05, 0) is 42.9 Å². The maximum absolute atomic E-state index is 13.1. The number of rotatable bonds is 2. The number of aliphatic hydroxyl groups is 1. The molecule has 0 saturated carbocycles. The van der Waals surface area contributed by atoms with Crippen LogP contribution in [0.5, 0.6) is 0 Å². The van der Waals surface area contributed by atoms with Crippen LogP contribution >= 0.6 is 0 Å². The van der Waals surface area contributed by atoms with Crippen LogP contribution in [0, 0.1) is 16.7 Å². The molecule has 130 valence electrons. The van der Waals surface area contributed by atoms with Gasteiger partial charge in [-0.1, -0.05) is 0 Å². The molecule has 1 aromatic rings. The van der Waals surface area contributed by atoms with Crippen molar-refractivity contribution in [3.63, 3.8) is 0 Å². The molecule has 0 radical (unpaired) electrons. The van der Waals surface area contributed by atoms with Crippen LogP contribution in [0.4, 0.5) is 18.9 Å². The van der Waals surface area contributed by atoms with Gasteiger partial charge >= 0.3 is 6.18 Å². The Hall–Kier alpha value is -1.78. The Morgan fingerprint density at radius 1 is 1.33 bits per heavy atom. The van der Waals surface area contributed by atoms with Crippen LogP contribution < -0.4 is 10.2 Å². The van der Waals surface area contributed by atoms with E-state index in [0.717, 1.165) is 31.9 Å². The van der Waals surface area contributed by atoms with E-state index in [1.807, 2.05) is 4.90 Å². The highest BCUT2D eigenvalue weighted by Gasteiger charge is 2.41. The molecular weight excluding hydrogens is 319 g/mol. The summed E-state index contributed by atoms with van der Waals surface area (Å²) in [5, 5.41) is 21.5. The second-order valence-corrected chi connectivity index (χ2v) is 6.79. The van der Waals surface area contributed by atoms with E-state index in [1.54, 1.807) is 12.1 Å². The molecule has 1 unspecified atom stereocenters. The van der Waals surface area contributed by atoms with Crippen LogP contribution in [-0.4, -0.2) is 37.4 Å². The third-order valence-corrected chi connectivity index (χ3v) is 5.28. The molecule has 0 aromatic heterocycles. The lowest BCUT2D eigenvalue weighted by Gasteiger charge is -2.40. The van der Waals surface area contributed by atoms with E-state index in [4.69, 9.17) is 5.26 Å². The summed E-state index contributed by atoms with van der Waals surface area (Å²) in [6.45, 7) is 2.34. The van der Waals surface area contributed by atoms with Gasteiger partial charge in [0.2, 0.25) is 0 Å². The number of halogens is 3. The van der Waals surface area contributed by atoms with Crippen molar-refractivity contribution in [2.24, 2.45) is 5.41 Å². The second-order valence-electron chi connectivity index (χ2n) is 6.79. The second kappa shape index (κ2) is 6.26. The minimum absolute atomic E-state index is 0.121. The van der Waals surface area contributed by atoms with Gasteiger partial charge in [0.15, 0.2) is 0 Å². The molecule has 2 aliphatic rings. The molecule has 7 heteroatoms. The summed E-state index contributed by atoms with van der Waals surface area (Å²) in [6.07, 6.45) is -1.84. The molecule has 2 heterocycles. The SMILES string of the molecule is N#Cc1ccc(N2CCC3(CC2)CNC(CO)C3)cc1C(F)(F)F. The zero-order valence-electron chi connectivity index (χ0n) is 13.2. The first kappa shape index (κ1) is 17.1. The van der Waals surface area contributed by atoms with Gasteiger partial charge in [0.25, 0.3) is 0 Å². The van der Waals surface area contributed by atoms with Crippen LogP contribution in [0.25, 0.3) is 0 Å². The molecular formula is C17H20F3N3O. The molecule has 0 aliphatic carbocycles. The molecule has 1 atom stereocenters. The zero-order chi connectivity index (χ0) is 17.4. The predicted molar refractivity (Wildman–Crippen MR) is 83.5 cm³/mol. The zero-order valence-corrected chi connectivity index (χ0v) is 13.2. The number of nitrogens with one attached hydrogen (secondary N) is 1. The Kier molecular flexibility index (Phi) is 4.45. The Morgan fingerprint density at radius 2 is 2.04 bits per heavy atom. The Labute approximate surface area is 138 Å². The van der Waals surface area contributed by atoms with E-state index in [9.17, 15) is 18.3 Å². The minimum atomic E-state index is -4.53. The van der Waals surface area contributed by atoms with Gasteiger partial charge in [-0.2, -0.15) is 18.4 Å². The summed E-state index contributed by atoms with van der Waals surface area (Å²) in [6, 6.07) is 5.67. The topological polar surface area (TPSA) is 59.3 Å². The molecule has 2 saturated heterocycles. The molecule has 4 nitrogen and oxygen atoms in total. The van der Waals surface area contributed by atoms with E-state index in [2.05, 4.69) is 5.32 Å². The number of hydrogen-bond acceptors (Lipinski definition) is 4. The van der Waals surface area contributed by atoms with Gasteiger partial charge in [-0.25, -0.2) is 0 Å². The maximum atomic E-state index is 13.1. The lowest BCUT2D eigenvalue weighted by Crippen LogP contribution is -2.41. The Morgan fingerprint density at radius 3 is 2.58 bits per heavy atom. The van der Waals surface area contributed by atoms with Crippen molar-refractivity contribution in [2.45, 2.75) is 31.5 Å². The van der Waals surface area contributed by atoms with Gasteiger partial charge in [0.05, 0.1) is 23.8 Å². The van der Waals surface area contributed by atoms with Crippen molar-refractivity contribution < 1.29 is 18.3 Å². The largest absolute Gasteiger partial charge is 0.417 e. The van der Waals surface area contributed by atoms with Crippen LogP contribution in [0.3, 0.4) is 0 Å². The average molecular weight is 339 g/mol. The van der Waals surface area contributed by atoms with Crippen molar-refractivity contribution in [2.75, 3.05) is 31.1 Å². The van der Waals surface area contributed by atoms with Gasteiger partial charge in [-0.3, -0.25) is 0 Å². The number of piperidine rings is 1. The molecule has 2 fully saturated rings. The first-order valence-corrected chi connectivity index (χ1v) is 8.07. The monoisotopic (exact) mass is 339 g/mol. The van der Waals surface area contributed by atoms with Crippen molar-refractivity contribution >= 4 is 5.69 Å². The van der Waals surface area contributed by atoms with Crippen LogP contribution in [0.2, 0.25) is 0 Å². The quantitative estimate of drug-likeness (QED) is 0.869. The summed E-state index contributed by atoms with van der Waals surface area (Å²) in [4.78, 5) is 1.95. The van der Waals surface area contributed by atoms with Crippen molar-refractivity contribution in [3.05, 3.63) is 29.3 Å². The fraction of sp³-hybridized carbons (Fsp3) is 0.588. The fourth-order valence-corrected chi connectivity index (χ4v) is 3.84. The summed E-state index contributed by atoms with van der Waals surface area (Å²) in [5.74, 6) is 0. The lowest BCUT2D eigenvalue weighted by molar-refractivity contribution is -0.137. The Bertz CT molecular complexity index is 645. The first-order valence-electron chi connectivity index (χ1n) is 8.07. The molecule has 0 bridgehead atoms. The van der Waals surface area contributed by atoms with Gasteiger partial charge < -0.3 is 15.3 Å². The number of nitriles is 1. The van der Waals surface area contributed by atoms with Crippen LogP contribution in [-0.2, 0) is 6.18 Å². The lowest BCUT2D eigenvalue weighted by atomic mass is 9.76. The molecule has 0 amide bonds. The van der Waals surface area contributed by atoms with Gasteiger partial charge in [-0.15, -0.1) is 0 Å². The molecule has 2 N–H and O–H groups in total. The van der Waals surface area contributed by atoms with E-state index in [0.29, 0.717) is 18.8 Å².